The van der Waals surface area contributed by atoms with E-state index < -0.39 is 6.10 Å². The van der Waals surface area contributed by atoms with Crippen LogP contribution in [-0.4, -0.2) is 40.2 Å². The van der Waals surface area contributed by atoms with Crippen LogP contribution >= 0.6 is 0 Å². The van der Waals surface area contributed by atoms with Crippen LogP contribution in [0.4, 0.5) is 5.69 Å². The molecule has 5 heteroatoms. The maximum atomic E-state index is 11.8. The molecule has 0 aliphatic rings. The second-order valence-electron chi connectivity index (χ2n) is 5.08. The van der Waals surface area contributed by atoms with Crippen molar-refractivity contribution in [3.05, 3.63) is 30.9 Å². The van der Waals surface area contributed by atoms with Gasteiger partial charge >= 0.3 is 0 Å². The molecule has 0 amide bonds. The van der Waals surface area contributed by atoms with E-state index in [1.54, 1.807) is 32.3 Å². The molecule has 1 radical (unpaired) electrons. The number of carbonyl (C=O) groups excluding carboxylic acids is 1. The number of aromatic nitrogens is 1. The van der Waals surface area contributed by atoms with Crippen LogP contribution < -0.4 is 4.90 Å². The third-order valence-electron chi connectivity index (χ3n) is 3.05. The van der Waals surface area contributed by atoms with E-state index in [2.05, 4.69) is 11.9 Å². The summed E-state index contributed by atoms with van der Waals surface area (Å²) < 4.78 is 0. The fraction of sp³-hybridized carbons (Fsp3) is 0.533. The Hall–Kier alpha value is -1.46. The number of hydrogen-bond acceptors (Lipinski definition) is 5. The molecule has 2 N–H and O–H groups in total. The predicted octanol–water partition coefficient (Wildman–Crippen LogP) is 1.19. The van der Waals surface area contributed by atoms with Crippen LogP contribution in [0.5, 0.6) is 0 Å². The Balaban J connectivity index is 2.85. The molecule has 0 saturated heterocycles. The fourth-order valence-electron chi connectivity index (χ4n) is 1.93. The lowest BCUT2D eigenvalue weighted by molar-refractivity contribution is -0.129. The summed E-state index contributed by atoms with van der Waals surface area (Å²) in [6, 6.07) is 1.80. The minimum absolute atomic E-state index is 0.0907. The average Bonchev–Trinajstić information content (AvgIpc) is 2.45. The van der Waals surface area contributed by atoms with E-state index in [1.165, 1.54) is 0 Å². The lowest BCUT2D eigenvalue weighted by atomic mass is 10.0. The quantitative estimate of drug-likeness (QED) is 0.748. The average molecular weight is 279 g/mol. The first-order valence-electron chi connectivity index (χ1n) is 6.80. The first-order chi connectivity index (χ1) is 9.49. The zero-order valence-corrected chi connectivity index (χ0v) is 12.1. The maximum absolute atomic E-state index is 11.8. The molecule has 0 aromatic carbocycles. The number of carbonyl (C=O) groups is 1. The molecule has 0 aliphatic heterocycles. The summed E-state index contributed by atoms with van der Waals surface area (Å²) in [5, 5.41) is 19.1. The minimum atomic E-state index is -1.03. The Bertz CT molecular complexity index is 435. The molecule has 20 heavy (non-hydrogen) atoms. The van der Waals surface area contributed by atoms with Crippen molar-refractivity contribution in [2.45, 2.75) is 33.0 Å². The highest BCUT2D eigenvalue weighted by atomic mass is 16.3. The number of ketones is 1. The first kappa shape index (κ1) is 16.6. The second-order valence-corrected chi connectivity index (χ2v) is 5.08. The predicted molar refractivity (Wildman–Crippen MR) is 78.2 cm³/mol. The van der Waals surface area contributed by atoms with E-state index in [0.29, 0.717) is 18.5 Å². The van der Waals surface area contributed by atoms with Crippen LogP contribution in [0.3, 0.4) is 0 Å². The summed E-state index contributed by atoms with van der Waals surface area (Å²) in [5.74, 6) is -0.376. The lowest BCUT2D eigenvalue weighted by Crippen LogP contribution is -2.39. The maximum Gasteiger partial charge on any atom is 0.165 e. The molecule has 1 rings (SSSR count). The summed E-state index contributed by atoms with van der Waals surface area (Å²) in [4.78, 5) is 17.7. The zero-order chi connectivity index (χ0) is 15.1. The Morgan fingerprint density at radius 2 is 2.15 bits per heavy atom. The monoisotopic (exact) mass is 279 g/mol. The molecule has 111 valence electrons. The highest BCUT2D eigenvalue weighted by Gasteiger charge is 2.21. The molecule has 0 aliphatic carbocycles. The van der Waals surface area contributed by atoms with Crippen LogP contribution in [-0.2, 0) is 11.4 Å². The standard InChI is InChI=1S/C15H23N2O3/c1-4-5-17(9-14(19)15(20)11(2)3)13-6-12(10-18)7-16-8-13/h6-8,11,14,18-19H,1,4-5,9-10H2,2-3H3. The van der Waals surface area contributed by atoms with Gasteiger partial charge in [0.05, 0.1) is 25.0 Å². The van der Waals surface area contributed by atoms with Gasteiger partial charge in [-0.15, -0.1) is 0 Å². The van der Waals surface area contributed by atoms with E-state index in [0.717, 1.165) is 5.69 Å². The molecule has 1 aromatic heterocycles. The molecule has 1 aromatic rings. The highest BCUT2D eigenvalue weighted by molar-refractivity contribution is 5.85. The molecule has 0 spiro atoms. The van der Waals surface area contributed by atoms with Gasteiger partial charge in [-0.05, 0) is 18.1 Å². The van der Waals surface area contributed by atoms with Gasteiger partial charge in [-0.3, -0.25) is 9.78 Å². The summed E-state index contributed by atoms with van der Waals surface area (Å²) in [6.07, 6.45) is 2.86. The van der Waals surface area contributed by atoms with Crippen molar-refractivity contribution in [1.29, 1.82) is 0 Å². The van der Waals surface area contributed by atoms with Gasteiger partial charge in [-0.2, -0.15) is 0 Å². The topological polar surface area (TPSA) is 73.7 Å². The van der Waals surface area contributed by atoms with Gasteiger partial charge in [0.1, 0.15) is 6.10 Å². The van der Waals surface area contributed by atoms with Crippen molar-refractivity contribution < 1.29 is 15.0 Å². The third-order valence-corrected chi connectivity index (χ3v) is 3.05. The number of aliphatic hydroxyl groups excluding tert-OH is 2. The van der Waals surface area contributed by atoms with Gasteiger partial charge < -0.3 is 15.1 Å². The number of nitrogens with zero attached hydrogens (tertiary/aromatic N) is 2. The van der Waals surface area contributed by atoms with Crippen LogP contribution in [0, 0.1) is 12.8 Å². The Morgan fingerprint density at radius 3 is 2.70 bits per heavy atom. The van der Waals surface area contributed by atoms with Crippen LogP contribution in [0.25, 0.3) is 0 Å². The van der Waals surface area contributed by atoms with Crippen LogP contribution in [0.1, 0.15) is 25.8 Å². The number of Topliss-reactive ketones (excluding diaryl/α,β-unsaturated/α-hetero) is 1. The Morgan fingerprint density at radius 1 is 1.45 bits per heavy atom. The SMILES string of the molecule is [CH2]CCN(CC(O)C(=O)C(C)C)c1cncc(CO)c1. The number of aliphatic hydroxyl groups is 2. The smallest absolute Gasteiger partial charge is 0.165 e. The number of hydrogen-bond donors (Lipinski definition) is 2. The van der Waals surface area contributed by atoms with Crippen molar-refractivity contribution in [2.75, 3.05) is 18.0 Å². The van der Waals surface area contributed by atoms with Gasteiger partial charge in [0.15, 0.2) is 5.78 Å². The summed E-state index contributed by atoms with van der Waals surface area (Å²) in [7, 11) is 0. The third kappa shape index (κ3) is 4.58. The molecule has 5 nitrogen and oxygen atoms in total. The van der Waals surface area contributed by atoms with Crippen molar-refractivity contribution in [1.82, 2.24) is 4.98 Å². The molecular formula is C15H23N2O3. The molecule has 1 unspecified atom stereocenters. The van der Waals surface area contributed by atoms with E-state index in [4.69, 9.17) is 5.11 Å². The molecular weight excluding hydrogens is 256 g/mol. The summed E-state index contributed by atoms with van der Waals surface area (Å²) >= 11 is 0. The van der Waals surface area contributed by atoms with Gasteiger partial charge in [0.25, 0.3) is 0 Å². The lowest BCUT2D eigenvalue weighted by Gasteiger charge is -2.27. The van der Waals surface area contributed by atoms with Crippen LogP contribution in [0.15, 0.2) is 18.5 Å². The second kappa shape index (κ2) is 7.97. The summed E-state index contributed by atoms with van der Waals surface area (Å²) in [5.41, 5.74) is 1.47. The number of pyridine rings is 1. The minimum Gasteiger partial charge on any atom is -0.392 e. The van der Waals surface area contributed by atoms with E-state index >= 15 is 0 Å². The molecule has 1 heterocycles. The van der Waals surface area contributed by atoms with E-state index in [9.17, 15) is 9.90 Å². The normalized spacial score (nSPS) is 12.5. The fourth-order valence-corrected chi connectivity index (χ4v) is 1.93. The van der Waals surface area contributed by atoms with Gasteiger partial charge in [0, 0.05) is 18.7 Å². The van der Waals surface area contributed by atoms with Crippen molar-refractivity contribution in [3.8, 4) is 0 Å². The van der Waals surface area contributed by atoms with E-state index in [1.807, 2.05) is 4.90 Å². The van der Waals surface area contributed by atoms with Gasteiger partial charge in [-0.1, -0.05) is 20.8 Å². The first-order valence-corrected chi connectivity index (χ1v) is 6.80. The highest BCUT2D eigenvalue weighted by Crippen LogP contribution is 2.16. The molecule has 0 bridgehead atoms. The largest absolute Gasteiger partial charge is 0.392 e. The molecule has 1 atom stereocenters. The van der Waals surface area contributed by atoms with Crippen molar-refractivity contribution >= 4 is 11.5 Å². The Kier molecular flexibility index (Phi) is 6.61. The van der Waals surface area contributed by atoms with Crippen LogP contribution in [0.2, 0.25) is 0 Å². The number of anilines is 1. The van der Waals surface area contributed by atoms with E-state index in [-0.39, 0.29) is 24.9 Å². The molecule has 0 saturated carbocycles. The Labute approximate surface area is 120 Å². The zero-order valence-electron chi connectivity index (χ0n) is 12.1. The van der Waals surface area contributed by atoms with Gasteiger partial charge in [-0.25, -0.2) is 0 Å². The van der Waals surface area contributed by atoms with Crippen molar-refractivity contribution in [3.63, 3.8) is 0 Å². The summed E-state index contributed by atoms with van der Waals surface area (Å²) in [6.45, 7) is 8.07. The molecule has 0 fully saturated rings. The number of rotatable bonds is 8. The van der Waals surface area contributed by atoms with Gasteiger partial charge in [0.2, 0.25) is 0 Å². The van der Waals surface area contributed by atoms with Crippen molar-refractivity contribution in [2.24, 2.45) is 5.92 Å².